The van der Waals surface area contributed by atoms with Crippen LogP contribution in [0.1, 0.15) is 33.8 Å². The Morgan fingerprint density at radius 3 is 2.65 bits per heavy atom. The summed E-state index contributed by atoms with van der Waals surface area (Å²) in [5.41, 5.74) is 3.07. The SMILES string of the molecule is Cc1ccc(-c2nc3c(s2)CCCC3=O)cc1. The Bertz CT molecular complexity index is 568. The molecule has 0 unspecified atom stereocenters. The first kappa shape index (κ1) is 10.7. The van der Waals surface area contributed by atoms with Gasteiger partial charge in [0.05, 0.1) is 0 Å². The molecule has 3 heteroatoms. The molecule has 17 heavy (non-hydrogen) atoms. The summed E-state index contributed by atoms with van der Waals surface area (Å²) < 4.78 is 0. The molecule has 0 radical (unpaired) electrons. The number of carbonyl (C=O) groups excluding carboxylic acids is 1. The number of ketones is 1. The van der Waals surface area contributed by atoms with Gasteiger partial charge in [-0.3, -0.25) is 4.79 Å². The molecule has 0 amide bonds. The number of aryl methyl sites for hydroxylation is 2. The highest BCUT2D eigenvalue weighted by atomic mass is 32.1. The Kier molecular flexibility index (Phi) is 2.56. The summed E-state index contributed by atoms with van der Waals surface area (Å²) in [4.78, 5) is 17.4. The highest BCUT2D eigenvalue weighted by Gasteiger charge is 2.22. The van der Waals surface area contributed by atoms with Gasteiger partial charge in [-0.05, 0) is 19.8 Å². The van der Waals surface area contributed by atoms with Gasteiger partial charge in [0.1, 0.15) is 10.7 Å². The molecule has 3 rings (SSSR count). The zero-order valence-corrected chi connectivity index (χ0v) is 10.5. The molecule has 2 aromatic rings. The second kappa shape index (κ2) is 4.08. The quantitative estimate of drug-likeness (QED) is 0.765. The molecule has 0 fully saturated rings. The van der Waals surface area contributed by atoms with E-state index in [1.54, 1.807) is 11.3 Å². The minimum atomic E-state index is 0.209. The molecule has 0 spiro atoms. The fraction of sp³-hybridized carbons (Fsp3) is 0.286. The van der Waals surface area contributed by atoms with Crippen molar-refractivity contribution < 1.29 is 4.79 Å². The Morgan fingerprint density at radius 2 is 1.94 bits per heavy atom. The highest BCUT2D eigenvalue weighted by Crippen LogP contribution is 2.32. The predicted molar refractivity (Wildman–Crippen MR) is 69.6 cm³/mol. The van der Waals surface area contributed by atoms with Crippen molar-refractivity contribution in [1.82, 2.24) is 4.98 Å². The Morgan fingerprint density at radius 1 is 1.18 bits per heavy atom. The zero-order chi connectivity index (χ0) is 11.8. The maximum Gasteiger partial charge on any atom is 0.182 e. The van der Waals surface area contributed by atoms with Crippen LogP contribution < -0.4 is 0 Å². The third kappa shape index (κ3) is 1.91. The summed E-state index contributed by atoms with van der Waals surface area (Å²) in [5, 5.41) is 0.977. The second-order valence-electron chi connectivity index (χ2n) is 4.43. The van der Waals surface area contributed by atoms with Gasteiger partial charge in [-0.2, -0.15) is 0 Å². The van der Waals surface area contributed by atoms with Gasteiger partial charge in [0.15, 0.2) is 5.78 Å². The molecule has 0 atom stereocenters. The molecule has 0 aliphatic heterocycles. The van der Waals surface area contributed by atoms with Crippen LogP contribution in [0.3, 0.4) is 0 Å². The standard InChI is InChI=1S/C14H13NOS/c1-9-5-7-10(8-6-9)14-15-13-11(16)3-2-4-12(13)17-14/h5-8H,2-4H2,1H3. The van der Waals surface area contributed by atoms with E-state index in [4.69, 9.17) is 0 Å². The van der Waals surface area contributed by atoms with E-state index in [0.717, 1.165) is 34.0 Å². The average Bonchev–Trinajstić information content (AvgIpc) is 2.75. The van der Waals surface area contributed by atoms with Crippen LogP contribution in [0, 0.1) is 6.92 Å². The van der Waals surface area contributed by atoms with Crippen LogP contribution >= 0.6 is 11.3 Å². The smallest absolute Gasteiger partial charge is 0.182 e. The van der Waals surface area contributed by atoms with Crippen molar-refractivity contribution in [1.29, 1.82) is 0 Å². The number of aromatic nitrogens is 1. The summed E-state index contributed by atoms with van der Waals surface area (Å²) in [7, 11) is 0. The first-order valence-corrected chi connectivity index (χ1v) is 6.65. The number of fused-ring (bicyclic) bond motifs is 1. The molecule has 1 aromatic carbocycles. The van der Waals surface area contributed by atoms with Crippen LogP contribution in [0.25, 0.3) is 10.6 Å². The van der Waals surface area contributed by atoms with E-state index in [1.807, 2.05) is 0 Å². The summed E-state index contributed by atoms with van der Waals surface area (Å²) in [6, 6.07) is 8.31. The molecular formula is C14H13NOS. The van der Waals surface area contributed by atoms with E-state index in [1.165, 1.54) is 5.56 Å². The van der Waals surface area contributed by atoms with Gasteiger partial charge in [0.2, 0.25) is 0 Å². The van der Waals surface area contributed by atoms with E-state index < -0.39 is 0 Å². The molecule has 1 heterocycles. The molecule has 86 valence electrons. The largest absolute Gasteiger partial charge is 0.292 e. The zero-order valence-electron chi connectivity index (χ0n) is 9.69. The fourth-order valence-electron chi connectivity index (χ4n) is 2.09. The number of hydrogen-bond donors (Lipinski definition) is 0. The molecule has 0 N–H and O–H groups in total. The number of carbonyl (C=O) groups is 1. The maximum atomic E-state index is 11.7. The van der Waals surface area contributed by atoms with Crippen LogP contribution in [0.5, 0.6) is 0 Å². The average molecular weight is 243 g/mol. The number of thiazole rings is 1. The molecular weight excluding hydrogens is 230 g/mol. The topological polar surface area (TPSA) is 30.0 Å². The molecule has 0 saturated heterocycles. The summed E-state index contributed by atoms with van der Waals surface area (Å²) in [6.45, 7) is 2.07. The molecule has 2 nitrogen and oxygen atoms in total. The van der Waals surface area contributed by atoms with E-state index in [9.17, 15) is 4.79 Å². The summed E-state index contributed by atoms with van der Waals surface area (Å²) in [6.07, 6.45) is 2.63. The Hall–Kier alpha value is -1.48. The molecule has 1 aliphatic rings. The van der Waals surface area contributed by atoms with Crippen molar-refractivity contribution in [2.45, 2.75) is 26.2 Å². The summed E-state index contributed by atoms with van der Waals surface area (Å²) >= 11 is 1.67. The van der Waals surface area contributed by atoms with Gasteiger partial charge in [-0.25, -0.2) is 4.98 Å². The van der Waals surface area contributed by atoms with Crippen molar-refractivity contribution >= 4 is 17.1 Å². The van der Waals surface area contributed by atoms with Crippen LogP contribution in [0.2, 0.25) is 0 Å². The van der Waals surface area contributed by atoms with Gasteiger partial charge in [-0.1, -0.05) is 29.8 Å². The Labute approximate surface area is 104 Å². The van der Waals surface area contributed by atoms with Crippen molar-refractivity contribution in [2.24, 2.45) is 0 Å². The maximum absolute atomic E-state index is 11.7. The number of nitrogens with zero attached hydrogens (tertiary/aromatic N) is 1. The lowest BCUT2D eigenvalue weighted by atomic mass is 10.0. The third-order valence-electron chi connectivity index (χ3n) is 3.07. The van der Waals surface area contributed by atoms with Crippen LogP contribution in [-0.2, 0) is 6.42 Å². The molecule has 0 saturated carbocycles. The van der Waals surface area contributed by atoms with E-state index in [0.29, 0.717) is 6.42 Å². The van der Waals surface area contributed by atoms with Gasteiger partial charge in [0.25, 0.3) is 0 Å². The van der Waals surface area contributed by atoms with Crippen molar-refractivity contribution in [3.8, 4) is 10.6 Å². The third-order valence-corrected chi connectivity index (χ3v) is 4.23. The first-order valence-electron chi connectivity index (χ1n) is 5.84. The lowest BCUT2D eigenvalue weighted by Crippen LogP contribution is -2.08. The summed E-state index contributed by atoms with van der Waals surface area (Å²) in [5.74, 6) is 0.209. The van der Waals surface area contributed by atoms with Crippen LogP contribution in [-0.4, -0.2) is 10.8 Å². The first-order chi connectivity index (χ1) is 8.24. The van der Waals surface area contributed by atoms with Gasteiger partial charge < -0.3 is 0 Å². The molecule has 0 bridgehead atoms. The van der Waals surface area contributed by atoms with E-state index >= 15 is 0 Å². The Balaban J connectivity index is 2.05. The van der Waals surface area contributed by atoms with Crippen LogP contribution in [0.4, 0.5) is 0 Å². The van der Waals surface area contributed by atoms with Crippen molar-refractivity contribution in [3.05, 3.63) is 40.4 Å². The number of Topliss-reactive ketones (excluding diaryl/α,β-unsaturated/α-hetero) is 1. The van der Waals surface area contributed by atoms with E-state index in [-0.39, 0.29) is 5.78 Å². The fourth-order valence-corrected chi connectivity index (χ4v) is 3.21. The number of benzene rings is 1. The van der Waals surface area contributed by atoms with Gasteiger partial charge in [0, 0.05) is 16.9 Å². The predicted octanol–water partition coefficient (Wildman–Crippen LogP) is 3.64. The number of rotatable bonds is 1. The number of hydrogen-bond acceptors (Lipinski definition) is 3. The second-order valence-corrected chi connectivity index (χ2v) is 5.52. The minimum absolute atomic E-state index is 0.209. The minimum Gasteiger partial charge on any atom is -0.292 e. The van der Waals surface area contributed by atoms with Crippen molar-refractivity contribution in [3.63, 3.8) is 0 Å². The van der Waals surface area contributed by atoms with E-state index in [2.05, 4.69) is 36.2 Å². The molecule has 1 aromatic heterocycles. The van der Waals surface area contributed by atoms with Crippen LogP contribution in [0.15, 0.2) is 24.3 Å². The van der Waals surface area contributed by atoms with Gasteiger partial charge in [-0.15, -0.1) is 11.3 Å². The lowest BCUT2D eigenvalue weighted by Gasteiger charge is -2.06. The van der Waals surface area contributed by atoms with Crippen molar-refractivity contribution in [2.75, 3.05) is 0 Å². The van der Waals surface area contributed by atoms with Gasteiger partial charge >= 0.3 is 0 Å². The monoisotopic (exact) mass is 243 g/mol. The lowest BCUT2D eigenvalue weighted by molar-refractivity contribution is 0.0968. The highest BCUT2D eigenvalue weighted by molar-refractivity contribution is 7.15. The molecule has 1 aliphatic carbocycles. The normalized spacial score (nSPS) is 14.8.